The molecule has 0 saturated heterocycles. The Morgan fingerprint density at radius 3 is 1.36 bits per heavy atom. The molecule has 28 heavy (non-hydrogen) atoms. The summed E-state index contributed by atoms with van der Waals surface area (Å²) in [7, 11) is 0. The summed E-state index contributed by atoms with van der Waals surface area (Å²) in [5.41, 5.74) is 6.42. The minimum absolute atomic E-state index is 0.584. The molecular weight excluding hydrogens is 344 g/mol. The quantitative estimate of drug-likeness (QED) is 0.317. The molecule has 2 heterocycles. The van der Waals surface area contributed by atoms with Gasteiger partial charge in [-0.1, -0.05) is 72.8 Å². The summed E-state index contributed by atoms with van der Waals surface area (Å²) in [6, 6.07) is 33.4. The zero-order valence-corrected chi connectivity index (χ0v) is 15.1. The van der Waals surface area contributed by atoms with E-state index in [1.807, 2.05) is 24.3 Å². The van der Waals surface area contributed by atoms with Crippen LogP contribution in [0.15, 0.2) is 106 Å². The predicted molar refractivity (Wildman–Crippen MR) is 114 cm³/mol. The summed E-state index contributed by atoms with van der Waals surface area (Å²) in [6.45, 7) is 0. The lowest BCUT2D eigenvalue weighted by molar-refractivity contribution is 0.524. The van der Waals surface area contributed by atoms with E-state index in [9.17, 15) is 0 Å². The molecule has 0 atom stereocenters. The molecule has 0 aliphatic rings. The van der Waals surface area contributed by atoms with Gasteiger partial charge in [-0.3, -0.25) is 0 Å². The van der Waals surface area contributed by atoms with Crippen LogP contribution in [0.1, 0.15) is 0 Å². The van der Waals surface area contributed by atoms with Gasteiger partial charge in [0.25, 0.3) is 5.78 Å². The Hall–Kier alpha value is -3.78. The maximum absolute atomic E-state index is 6.01. The zero-order chi connectivity index (χ0) is 18.5. The van der Waals surface area contributed by atoms with Crippen molar-refractivity contribution < 1.29 is 8.83 Å². The second kappa shape index (κ2) is 5.86. The summed E-state index contributed by atoms with van der Waals surface area (Å²) < 4.78 is 12.0. The van der Waals surface area contributed by atoms with Crippen molar-refractivity contribution in [3.63, 3.8) is 0 Å². The van der Waals surface area contributed by atoms with Crippen molar-refractivity contribution in [1.82, 2.24) is 0 Å². The van der Waals surface area contributed by atoms with Crippen molar-refractivity contribution in [2.75, 3.05) is 0 Å². The monoisotopic (exact) mass is 360 g/mol. The first-order valence-electron chi connectivity index (χ1n) is 9.36. The fourth-order valence-electron chi connectivity index (χ4n) is 3.94. The number of rotatable bonds is 2. The predicted octanol–water partition coefficient (Wildman–Crippen LogP) is 7.67. The molecule has 0 spiro atoms. The van der Waals surface area contributed by atoms with E-state index in [0.29, 0.717) is 5.78 Å². The fourth-order valence-corrected chi connectivity index (χ4v) is 3.94. The fraction of sp³-hybridized carbons (Fsp3) is 0. The third kappa shape index (κ3) is 2.28. The highest BCUT2D eigenvalue weighted by Crippen LogP contribution is 2.40. The van der Waals surface area contributed by atoms with Gasteiger partial charge in [0.2, 0.25) is 0 Å². The SMILES string of the molecule is c1ccc(-c2ccc3oc4oc5ccc(-c6ccccc6)cc5c4c3c2)cc1. The van der Waals surface area contributed by atoms with Gasteiger partial charge in [-0.25, -0.2) is 0 Å². The number of fused-ring (bicyclic) bond motifs is 5. The van der Waals surface area contributed by atoms with E-state index in [1.54, 1.807) is 0 Å². The molecule has 0 bridgehead atoms. The van der Waals surface area contributed by atoms with Crippen LogP contribution in [0.3, 0.4) is 0 Å². The van der Waals surface area contributed by atoms with Crippen LogP contribution in [-0.4, -0.2) is 0 Å². The van der Waals surface area contributed by atoms with Crippen molar-refractivity contribution in [1.29, 1.82) is 0 Å². The van der Waals surface area contributed by atoms with Gasteiger partial charge < -0.3 is 8.83 Å². The van der Waals surface area contributed by atoms with E-state index in [0.717, 1.165) is 27.3 Å². The van der Waals surface area contributed by atoms with Crippen molar-refractivity contribution >= 4 is 33.1 Å². The molecule has 0 unspecified atom stereocenters. The highest BCUT2D eigenvalue weighted by Gasteiger charge is 2.17. The summed E-state index contributed by atoms with van der Waals surface area (Å²) >= 11 is 0. The van der Waals surface area contributed by atoms with E-state index in [-0.39, 0.29) is 0 Å². The second-order valence-electron chi connectivity index (χ2n) is 7.02. The molecule has 0 fully saturated rings. The average Bonchev–Trinajstić information content (AvgIpc) is 3.30. The maximum atomic E-state index is 6.01. The van der Waals surface area contributed by atoms with Gasteiger partial charge in [-0.05, 0) is 46.5 Å². The Labute approximate surface area is 161 Å². The highest BCUT2D eigenvalue weighted by atomic mass is 16.5. The molecule has 6 aromatic rings. The Morgan fingerprint density at radius 1 is 0.429 bits per heavy atom. The van der Waals surface area contributed by atoms with E-state index >= 15 is 0 Å². The molecule has 0 amide bonds. The lowest BCUT2D eigenvalue weighted by Gasteiger charge is -2.02. The molecule has 6 rings (SSSR count). The highest BCUT2D eigenvalue weighted by molar-refractivity contribution is 6.18. The van der Waals surface area contributed by atoms with E-state index in [2.05, 4.69) is 72.8 Å². The van der Waals surface area contributed by atoms with Crippen molar-refractivity contribution in [3.05, 3.63) is 97.1 Å². The molecule has 0 radical (unpaired) electrons. The van der Waals surface area contributed by atoms with Crippen LogP contribution in [0.5, 0.6) is 0 Å². The van der Waals surface area contributed by atoms with Crippen molar-refractivity contribution in [3.8, 4) is 22.3 Å². The van der Waals surface area contributed by atoms with Crippen LogP contribution in [0.2, 0.25) is 0 Å². The second-order valence-corrected chi connectivity index (χ2v) is 7.02. The lowest BCUT2D eigenvalue weighted by atomic mass is 10.0. The van der Waals surface area contributed by atoms with Gasteiger partial charge in [0.1, 0.15) is 11.2 Å². The molecule has 2 heteroatoms. The van der Waals surface area contributed by atoms with Gasteiger partial charge in [-0.15, -0.1) is 0 Å². The topological polar surface area (TPSA) is 26.3 Å². The zero-order valence-electron chi connectivity index (χ0n) is 15.1. The first-order chi connectivity index (χ1) is 13.9. The van der Waals surface area contributed by atoms with E-state index in [1.165, 1.54) is 22.3 Å². The van der Waals surface area contributed by atoms with Crippen LogP contribution in [-0.2, 0) is 0 Å². The van der Waals surface area contributed by atoms with Crippen molar-refractivity contribution in [2.24, 2.45) is 0 Å². The minimum atomic E-state index is 0.584. The lowest BCUT2D eigenvalue weighted by Crippen LogP contribution is -1.78. The smallest absolute Gasteiger partial charge is 0.299 e. The Morgan fingerprint density at radius 2 is 0.893 bits per heavy atom. The van der Waals surface area contributed by atoms with Gasteiger partial charge >= 0.3 is 0 Å². The third-order valence-electron chi connectivity index (χ3n) is 5.32. The van der Waals surface area contributed by atoms with Gasteiger partial charge in [0, 0.05) is 10.8 Å². The van der Waals surface area contributed by atoms with Crippen LogP contribution in [0, 0.1) is 0 Å². The van der Waals surface area contributed by atoms with E-state index in [4.69, 9.17) is 8.83 Å². The molecule has 2 aromatic heterocycles. The standard InChI is InChI=1S/C26H16O2/c1-3-7-17(8-4-1)19-11-13-23-21(15-19)25-22-16-20(18-9-5-2-6-10-18)12-14-24(22)28-26(25)27-23/h1-16H. The Bertz CT molecular complexity index is 1330. The number of hydrogen-bond acceptors (Lipinski definition) is 2. The minimum Gasteiger partial charge on any atom is -0.425 e. The first kappa shape index (κ1) is 15.3. The van der Waals surface area contributed by atoms with Crippen LogP contribution < -0.4 is 0 Å². The average molecular weight is 360 g/mol. The van der Waals surface area contributed by atoms with E-state index < -0.39 is 0 Å². The first-order valence-corrected chi connectivity index (χ1v) is 9.36. The molecule has 0 aliphatic heterocycles. The largest absolute Gasteiger partial charge is 0.425 e. The third-order valence-corrected chi connectivity index (χ3v) is 5.32. The van der Waals surface area contributed by atoms with Gasteiger partial charge in [0.05, 0.1) is 5.39 Å². The van der Waals surface area contributed by atoms with Crippen LogP contribution in [0.25, 0.3) is 55.4 Å². The molecule has 2 nitrogen and oxygen atoms in total. The summed E-state index contributed by atoms with van der Waals surface area (Å²) in [5.74, 6) is 0.584. The molecule has 132 valence electrons. The van der Waals surface area contributed by atoms with Gasteiger partial charge in [-0.2, -0.15) is 0 Å². The van der Waals surface area contributed by atoms with Crippen LogP contribution in [0.4, 0.5) is 0 Å². The summed E-state index contributed by atoms with van der Waals surface area (Å²) in [5, 5.41) is 3.21. The molecule has 0 saturated carbocycles. The normalized spacial score (nSPS) is 11.6. The Balaban J connectivity index is 1.63. The number of furan rings is 2. The number of benzene rings is 4. The molecule has 0 aliphatic carbocycles. The molecule has 4 aromatic carbocycles. The summed E-state index contributed by atoms with van der Waals surface area (Å²) in [4.78, 5) is 0. The molecular formula is C26H16O2. The summed E-state index contributed by atoms with van der Waals surface area (Å²) in [6.07, 6.45) is 0. The number of hydrogen-bond donors (Lipinski definition) is 0. The molecule has 0 N–H and O–H groups in total. The van der Waals surface area contributed by atoms with Crippen LogP contribution >= 0.6 is 0 Å². The maximum Gasteiger partial charge on any atom is 0.299 e. The van der Waals surface area contributed by atoms with Gasteiger partial charge in [0.15, 0.2) is 0 Å². The van der Waals surface area contributed by atoms with Crippen molar-refractivity contribution in [2.45, 2.75) is 0 Å². The Kier molecular flexibility index (Phi) is 3.20.